The summed E-state index contributed by atoms with van der Waals surface area (Å²) in [6, 6.07) is 76.3. The van der Waals surface area contributed by atoms with Gasteiger partial charge in [-0.1, -0.05) is 84.9 Å². The molecule has 2 heterocycles. The third-order valence-electron chi connectivity index (χ3n) is 8.66. The summed E-state index contributed by atoms with van der Waals surface area (Å²) in [5.74, 6) is 0. The molecule has 0 spiro atoms. The van der Waals surface area contributed by atoms with Crippen molar-refractivity contribution < 1.29 is 20.1 Å². The van der Waals surface area contributed by atoms with Crippen molar-refractivity contribution >= 4 is 40.1 Å². The average Bonchev–Trinajstić information content (AvgIpc) is 3.24. The van der Waals surface area contributed by atoms with E-state index in [-0.39, 0.29) is 20.1 Å². The maximum Gasteiger partial charge on any atom is 3.00 e. The van der Waals surface area contributed by atoms with E-state index in [1.807, 2.05) is 109 Å². The second kappa shape index (κ2) is 19.3. The largest absolute Gasteiger partial charge is 3.00 e. The molecular weight excluding hydrogens is 840 g/mol. The summed E-state index contributed by atoms with van der Waals surface area (Å²) in [5, 5.41) is 7.69. The van der Waals surface area contributed by atoms with Crippen molar-refractivity contribution in [1.29, 1.82) is 0 Å². The number of hydrogen-bond donors (Lipinski definition) is 0. The molecule has 0 atom stereocenters. The van der Waals surface area contributed by atoms with Crippen molar-refractivity contribution in [3.63, 3.8) is 0 Å². The second-order valence-electron chi connectivity index (χ2n) is 12.1. The molecule has 0 bridgehead atoms. The maximum atomic E-state index is 4.45. The van der Waals surface area contributed by atoms with E-state index in [0.29, 0.717) is 0 Å². The van der Waals surface area contributed by atoms with Gasteiger partial charge in [-0.2, -0.15) is 30.3 Å². The predicted octanol–water partition coefficient (Wildman–Crippen LogP) is 11.3. The Morgan fingerprint density at radius 2 is 0.811 bits per heavy atom. The van der Waals surface area contributed by atoms with Gasteiger partial charge >= 0.3 is 20.1 Å². The summed E-state index contributed by atoms with van der Waals surface area (Å²) in [6.45, 7) is 0. The van der Waals surface area contributed by atoms with E-state index in [4.69, 9.17) is 0 Å². The molecule has 0 N–H and O–H groups in total. The van der Waals surface area contributed by atoms with Gasteiger partial charge in [0.2, 0.25) is 0 Å². The molecule has 0 saturated carbocycles. The van der Waals surface area contributed by atoms with Crippen LogP contribution in [-0.4, -0.2) is 9.97 Å². The van der Waals surface area contributed by atoms with E-state index in [1.165, 1.54) is 37.7 Å². The molecule has 0 aliphatic heterocycles. The number of aromatic nitrogens is 2. The van der Waals surface area contributed by atoms with Crippen LogP contribution in [0.4, 0.5) is 0 Å². The molecular formula is C49H37IrN2P+. The van der Waals surface area contributed by atoms with Crippen LogP contribution in [0, 0.1) is 18.2 Å². The SMILES string of the molecule is [Ir+3].[c-]1ccccc1-c1nccc2ccccc12.[c-]1ccccc1-c1nccc2ccccc12.[c-]1ccccc1C[PH+](c1ccccc1)c1ccccc1. The van der Waals surface area contributed by atoms with Crippen LogP contribution in [0.5, 0.6) is 0 Å². The molecule has 2 nitrogen and oxygen atoms in total. The van der Waals surface area contributed by atoms with Crippen LogP contribution in [-0.2, 0) is 26.3 Å². The molecule has 2 aromatic heterocycles. The third-order valence-corrected chi connectivity index (χ3v) is 11.5. The van der Waals surface area contributed by atoms with Crippen molar-refractivity contribution in [3.05, 3.63) is 230 Å². The molecule has 0 aliphatic rings. The summed E-state index contributed by atoms with van der Waals surface area (Å²) in [6.07, 6.45) is 4.77. The Bertz CT molecular complexity index is 2260. The Balaban J connectivity index is 0.000000136. The minimum atomic E-state index is -0.783. The first-order valence-corrected chi connectivity index (χ1v) is 19.1. The van der Waals surface area contributed by atoms with Gasteiger partial charge in [0.15, 0.2) is 0 Å². The summed E-state index contributed by atoms with van der Waals surface area (Å²) in [4.78, 5) is 8.89. The number of hydrogen-bond acceptors (Lipinski definition) is 2. The number of rotatable bonds is 6. The fourth-order valence-electron chi connectivity index (χ4n) is 6.13. The Hall–Kier alpha value is -5.56. The molecule has 9 aromatic rings. The van der Waals surface area contributed by atoms with E-state index in [0.717, 1.165) is 28.7 Å². The second-order valence-corrected chi connectivity index (χ2v) is 14.6. The zero-order valence-electron chi connectivity index (χ0n) is 29.1. The van der Waals surface area contributed by atoms with Gasteiger partial charge in [0.05, 0.1) is 24.7 Å². The van der Waals surface area contributed by atoms with E-state index in [9.17, 15) is 0 Å². The molecule has 0 amide bonds. The number of pyridine rings is 2. The van der Waals surface area contributed by atoms with E-state index >= 15 is 0 Å². The van der Waals surface area contributed by atoms with Crippen LogP contribution in [0.25, 0.3) is 44.1 Å². The normalized spacial score (nSPS) is 10.4. The van der Waals surface area contributed by atoms with E-state index in [2.05, 4.69) is 125 Å². The summed E-state index contributed by atoms with van der Waals surface area (Å²) in [7, 11) is -0.783. The molecule has 0 radical (unpaired) electrons. The first-order chi connectivity index (χ1) is 25.8. The smallest absolute Gasteiger partial charge is 0.304 e. The van der Waals surface area contributed by atoms with Crippen molar-refractivity contribution in [2.75, 3.05) is 0 Å². The first-order valence-electron chi connectivity index (χ1n) is 17.4. The zero-order valence-corrected chi connectivity index (χ0v) is 32.5. The van der Waals surface area contributed by atoms with Crippen molar-refractivity contribution in [1.82, 2.24) is 9.97 Å². The number of fused-ring (bicyclic) bond motifs is 2. The van der Waals surface area contributed by atoms with Gasteiger partial charge in [-0.15, -0.1) is 77.4 Å². The van der Waals surface area contributed by atoms with Gasteiger partial charge in [-0.25, -0.2) is 0 Å². The molecule has 0 unspecified atom stereocenters. The quantitative estimate of drug-likeness (QED) is 0.123. The van der Waals surface area contributed by atoms with Crippen LogP contribution >= 0.6 is 7.92 Å². The molecule has 4 heteroatoms. The van der Waals surface area contributed by atoms with Gasteiger partial charge < -0.3 is 9.97 Å². The average molecular weight is 877 g/mol. The Morgan fingerprint density at radius 3 is 1.25 bits per heavy atom. The molecule has 0 saturated heterocycles. The summed E-state index contributed by atoms with van der Waals surface area (Å²) in [5.41, 5.74) is 5.38. The monoisotopic (exact) mass is 877 g/mol. The van der Waals surface area contributed by atoms with E-state index in [1.54, 1.807) is 0 Å². The van der Waals surface area contributed by atoms with Crippen LogP contribution in [0.1, 0.15) is 5.56 Å². The third kappa shape index (κ3) is 9.86. The fraction of sp³-hybridized carbons (Fsp3) is 0.0204. The fourth-order valence-corrected chi connectivity index (χ4v) is 8.66. The summed E-state index contributed by atoms with van der Waals surface area (Å²) < 4.78 is 0. The molecule has 256 valence electrons. The molecule has 0 fully saturated rings. The van der Waals surface area contributed by atoms with Gasteiger partial charge in [-0.3, -0.25) is 0 Å². The number of benzene rings is 7. The standard InChI is InChI=1S/C19H16P.2C15H10N.Ir/c1-4-10-17(11-5-1)16-20(18-12-6-2-7-13-18)19-14-8-3-9-15-19;2*1-2-7-13(8-3-1)15-14-9-5-4-6-12(14)10-11-16-15;/h1-10,12-15H,16H2;2*1-7,9-11H;/q3*-1;+3/p+1. The first kappa shape index (κ1) is 37.2. The van der Waals surface area contributed by atoms with Crippen LogP contribution in [0.3, 0.4) is 0 Å². The topological polar surface area (TPSA) is 25.8 Å². The molecule has 53 heavy (non-hydrogen) atoms. The van der Waals surface area contributed by atoms with Gasteiger partial charge in [-0.05, 0) is 69.3 Å². The van der Waals surface area contributed by atoms with Crippen LogP contribution in [0.2, 0.25) is 0 Å². The Morgan fingerprint density at radius 1 is 0.396 bits per heavy atom. The predicted molar refractivity (Wildman–Crippen MR) is 221 cm³/mol. The number of nitrogens with zero attached hydrogens (tertiary/aromatic N) is 2. The zero-order chi connectivity index (χ0) is 35.2. The molecule has 0 aliphatic carbocycles. The van der Waals surface area contributed by atoms with E-state index < -0.39 is 7.92 Å². The Labute approximate surface area is 327 Å². The van der Waals surface area contributed by atoms with Crippen molar-refractivity contribution in [2.24, 2.45) is 0 Å². The van der Waals surface area contributed by atoms with Gasteiger partial charge in [0, 0.05) is 12.4 Å². The Kier molecular flexibility index (Phi) is 13.6. The van der Waals surface area contributed by atoms with Gasteiger partial charge in [0.25, 0.3) is 0 Å². The summed E-state index contributed by atoms with van der Waals surface area (Å²) >= 11 is 0. The molecule has 7 aromatic carbocycles. The minimum Gasteiger partial charge on any atom is -0.304 e. The minimum absolute atomic E-state index is 0. The van der Waals surface area contributed by atoms with Crippen LogP contribution < -0.4 is 10.6 Å². The van der Waals surface area contributed by atoms with Crippen molar-refractivity contribution in [3.8, 4) is 22.5 Å². The van der Waals surface area contributed by atoms with Gasteiger partial charge in [0.1, 0.15) is 0 Å². The molecule has 9 rings (SSSR count). The van der Waals surface area contributed by atoms with Crippen molar-refractivity contribution in [2.45, 2.75) is 6.16 Å². The maximum absolute atomic E-state index is 4.45. The van der Waals surface area contributed by atoms with Crippen LogP contribution in [0.15, 0.2) is 207 Å².